The van der Waals surface area contributed by atoms with Crippen LogP contribution < -0.4 is 5.32 Å². The van der Waals surface area contributed by atoms with Gasteiger partial charge in [0.2, 0.25) is 5.91 Å². The molecular weight excluding hydrogens is 286 g/mol. The van der Waals surface area contributed by atoms with Crippen LogP contribution in [0.15, 0.2) is 0 Å². The van der Waals surface area contributed by atoms with E-state index < -0.39 is 0 Å². The van der Waals surface area contributed by atoms with Crippen LogP contribution in [0.4, 0.5) is 0 Å². The van der Waals surface area contributed by atoms with Crippen LogP contribution in [0.25, 0.3) is 0 Å². The first-order chi connectivity index (χ1) is 5.58. The molecule has 0 fully saturated rings. The highest BCUT2D eigenvalue weighted by molar-refractivity contribution is 9.09. The molecule has 0 aliphatic rings. The van der Waals surface area contributed by atoms with Crippen molar-refractivity contribution in [3.8, 4) is 0 Å². The number of carbonyl (C=O) groups excluding carboxylic acids is 1. The van der Waals surface area contributed by atoms with Crippen molar-refractivity contribution in [1.29, 1.82) is 0 Å². The average Bonchev–Trinajstić information content (AvgIpc) is 2.05. The van der Waals surface area contributed by atoms with Crippen molar-refractivity contribution in [2.75, 3.05) is 10.7 Å². The molecule has 0 aromatic carbocycles. The lowest BCUT2D eigenvalue weighted by Gasteiger charge is -2.26. The van der Waals surface area contributed by atoms with Gasteiger partial charge in [-0.3, -0.25) is 4.79 Å². The summed E-state index contributed by atoms with van der Waals surface area (Å²) in [5, 5.41) is 4.49. The van der Waals surface area contributed by atoms with Gasteiger partial charge < -0.3 is 5.32 Å². The largest absolute Gasteiger partial charge is 0.349 e. The zero-order chi connectivity index (χ0) is 9.61. The third kappa shape index (κ3) is 4.45. The van der Waals surface area contributed by atoms with E-state index in [1.165, 1.54) is 0 Å². The van der Waals surface area contributed by atoms with E-state index in [2.05, 4.69) is 37.2 Å². The lowest BCUT2D eigenvalue weighted by atomic mass is 10.1. The number of alkyl halides is 2. The minimum absolute atomic E-state index is 0.124. The molecule has 0 unspecified atom stereocenters. The van der Waals surface area contributed by atoms with E-state index >= 15 is 0 Å². The first-order valence-corrected chi connectivity index (χ1v) is 6.25. The minimum atomic E-state index is -0.160. The third-order valence-electron chi connectivity index (χ3n) is 1.51. The SMILES string of the molecule is CCCC(=O)NC(C)(CBr)CBr. The monoisotopic (exact) mass is 299 g/mol. The van der Waals surface area contributed by atoms with Gasteiger partial charge >= 0.3 is 0 Å². The summed E-state index contributed by atoms with van der Waals surface area (Å²) >= 11 is 6.73. The van der Waals surface area contributed by atoms with E-state index in [0.29, 0.717) is 6.42 Å². The van der Waals surface area contributed by atoms with Crippen molar-refractivity contribution < 1.29 is 4.79 Å². The summed E-state index contributed by atoms with van der Waals surface area (Å²) in [6.07, 6.45) is 1.50. The van der Waals surface area contributed by atoms with Crippen molar-refractivity contribution >= 4 is 37.8 Å². The van der Waals surface area contributed by atoms with Crippen LogP contribution >= 0.6 is 31.9 Å². The van der Waals surface area contributed by atoms with Crippen molar-refractivity contribution in [3.05, 3.63) is 0 Å². The number of nitrogens with one attached hydrogen (secondary N) is 1. The minimum Gasteiger partial charge on any atom is -0.349 e. The number of amides is 1. The van der Waals surface area contributed by atoms with Gasteiger partial charge in [-0.05, 0) is 13.3 Å². The normalized spacial score (nSPS) is 11.3. The molecule has 1 amide bonds. The molecule has 0 radical (unpaired) electrons. The first kappa shape index (κ1) is 12.4. The van der Waals surface area contributed by atoms with E-state index in [0.717, 1.165) is 17.1 Å². The Labute approximate surface area is 90.7 Å². The van der Waals surface area contributed by atoms with Crippen molar-refractivity contribution in [1.82, 2.24) is 5.32 Å². The van der Waals surface area contributed by atoms with Gasteiger partial charge in [-0.15, -0.1) is 0 Å². The maximum absolute atomic E-state index is 11.2. The van der Waals surface area contributed by atoms with Gasteiger partial charge in [0, 0.05) is 17.1 Å². The highest BCUT2D eigenvalue weighted by Crippen LogP contribution is 2.11. The van der Waals surface area contributed by atoms with Crippen molar-refractivity contribution in [3.63, 3.8) is 0 Å². The quantitative estimate of drug-likeness (QED) is 0.777. The van der Waals surface area contributed by atoms with E-state index in [1.54, 1.807) is 0 Å². The molecule has 0 saturated carbocycles. The second kappa shape index (κ2) is 5.97. The fraction of sp³-hybridized carbons (Fsp3) is 0.875. The smallest absolute Gasteiger partial charge is 0.220 e. The Balaban J connectivity index is 3.93. The van der Waals surface area contributed by atoms with Gasteiger partial charge in [0.25, 0.3) is 0 Å². The van der Waals surface area contributed by atoms with Crippen LogP contribution in [0.2, 0.25) is 0 Å². The zero-order valence-electron chi connectivity index (χ0n) is 7.49. The van der Waals surface area contributed by atoms with Crippen LogP contribution in [-0.2, 0) is 4.79 Å². The zero-order valence-corrected chi connectivity index (χ0v) is 10.7. The second-order valence-electron chi connectivity index (χ2n) is 3.13. The molecule has 2 nitrogen and oxygen atoms in total. The van der Waals surface area contributed by atoms with E-state index in [1.807, 2.05) is 13.8 Å². The summed E-state index contributed by atoms with van der Waals surface area (Å²) in [6.45, 7) is 4.00. The molecule has 4 heteroatoms. The summed E-state index contributed by atoms with van der Waals surface area (Å²) in [7, 11) is 0. The summed E-state index contributed by atoms with van der Waals surface area (Å²) in [6, 6.07) is 0. The number of hydrogen-bond acceptors (Lipinski definition) is 1. The molecule has 0 spiro atoms. The van der Waals surface area contributed by atoms with Crippen LogP contribution in [-0.4, -0.2) is 22.1 Å². The van der Waals surface area contributed by atoms with E-state index in [4.69, 9.17) is 0 Å². The Morgan fingerprint density at radius 1 is 1.42 bits per heavy atom. The number of carbonyl (C=O) groups is 1. The molecule has 0 aliphatic heterocycles. The van der Waals surface area contributed by atoms with Gasteiger partial charge in [0.1, 0.15) is 0 Å². The van der Waals surface area contributed by atoms with Gasteiger partial charge in [0.05, 0.1) is 5.54 Å². The van der Waals surface area contributed by atoms with Gasteiger partial charge in [-0.2, -0.15) is 0 Å². The maximum atomic E-state index is 11.2. The van der Waals surface area contributed by atoms with E-state index in [-0.39, 0.29) is 11.4 Å². The number of rotatable bonds is 5. The fourth-order valence-electron chi connectivity index (χ4n) is 0.729. The molecule has 0 bridgehead atoms. The lowest BCUT2D eigenvalue weighted by Crippen LogP contribution is -2.48. The predicted molar refractivity (Wildman–Crippen MR) is 59.0 cm³/mol. The van der Waals surface area contributed by atoms with E-state index in [9.17, 15) is 4.79 Å². The molecule has 72 valence electrons. The molecule has 0 rings (SSSR count). The van der Waals surface area contributed by atoms with Gasteiger partial charge in [-0.25, -0.2) is 0 Å². The Morgan fingerprint density at radius 2 is 1.92 bits per heavy atom. The molecule has 0 aromatic heterocycles. The molecule has 1 N–H and O–H groups in total. The molecule has 0 aliphatic carbocycles. The standard InChI is InChI=1S/C8H15Br2NO/c1-3-4-7(12)11-8(2,5-9)6-10/h3-6H2,1-2H3,(H,11,12). The molecule has 0 heterocycles. The van der Waals surface area contributed by atoms with Crippen molar-refractivity contribution in [2.45, 2.75) is 32.2 Å². The van der Waals surface area contributed by atoms with Crippen molar-refractivity contribution in [2.24, 2.45) is 0 Å². The highest BCUT2D eigenvalue weighted by atomic mass is 79.9. The predicted octanol–water partition coefficient (Wildman–Crippen LogP) is 2.45. The summed E-state index contributed by atoms with van der Waals surface area (Å²) in [5.74, 6) is 0.124. The molecule has 0 aromatic rings. The summed E-state index contributed by atoms with van der Waals surface area (Å²) in [4.78, 5) is 11.2. The number of halogens is 2. The second-order valence-corrected chi connectivity index (χ2v) is 4.25. The average molecular weight is 301 g/mol. The summed E-state index contributed by atoms with van der Waals surface area (Å²) < 4.78 is 0. The topological polar surface area (TPSA) is 29.1 Å². The lowest BCUT2D eigenvalue weighted by molar-refractivity contribution is -0.122. The number of hydrogen-bond donors (Lipinski definition) is 1. The summed E-state index contributed by atoms with van der Waals surface area (Å²) in [5.41, 5.74) is -0.160. The van der Waals surface area contributed by atoms with Crippen LogP contribution in [0.1, 0.15) is 26.7 Å². The Bertz CT molecular complexity index is 146. The Hall–Kier alpha value is 0.430. The molecular formula is C8H15Br2NO. The fourth-order valence-corrected chi connectivity index (χ4v) is 1.94. The molecule has 12 heavy (non-hydrogen) atoms. The van der Waals surface area contributed by atoms with Gasteiger partial charge in [0.15, 0.2) is 0 Å². The van der Waals surface area contributed by atoms with Crippen LogP contribution in [0.3, 0.4) is 0 Å². The van der Waals surface area contributed by atoms with Crippen LogP contribution in [0.5, 0.6) is 0 Å². The highest BCUT2D eigenvalue weighted by Gasteiger charge is 2.22. The first-order valence-electron chi connectivity index (χ1n) is 4.01. The van der Waals surface area contributed by atoms with Gasteiger partial charge in [-0.1, -0.05) is 38.8 Å². The molecule has 0 saturated heterocycles. The molecule has 0 atom stereocenters. The van der Waals surface area contributed by atoms with Crippen LogP contribution in [0, 0.1) is 0 Å². The third-order valence-corrected chi connectivity index (χ3v) is 3.98. The maximum Gasteiger partial charge on any atom is 0.220 e. The Morgan fingerprint density at radius 3 is 2.25 bits per heavy atom. The Kier molecular flexibility index (Phi) is 6.19.